The number of hydrogen-bond donors (Lipinski definition) is 0. The maximum atomic E-state index is 6.06. The van der Waals surface area contributed by atoms with Crippen molar-refractivity contribution in [2.45, 2.75) is 6.61 Å². The van der Waals surface area contributed by atoms with Gasteiger partial charge in [0.1, 0.15) is 6.61 Å². The van der Waals surface area contributed by atoms with Crippen molar-refractivity contribution in [3.63, 3.8) is 0 Å². The van der Waals surface area contributed by atoms with E-state index >= 15 is 0 Å². The highest BCUT2D eigenvalue weighted by atomic mass is 35.5. The molecule has 0 fully saturated rings. The fourth-order valence-corrected chi connectivity index (χ4v) is 2.41. The first-order chi connectivity index (χ1) is 11.3. The van der Waals surface area contributed by atoms with E-state index in [0.717, 1.165) is 22.3 Å². The van der Waals surface area contributed by atoms with Gasteiger partial charge in [0, 0.05) is 34.0 Å². The van der Waals surface area contributed by atoms with Gasteiger partial charge in [-0.3, -0.25) is 0 Å². The van der Waals surface area contributed by atoms with Crippen LogP contribution in [0.3, 0.4) is 0 Å². The van der Waals surface area contributed by atoms with E-state index in [9.17, 15) is 0 Å². The Balaban J connectivity index is 1.77. The molecule has 2 nitrogen and oxygen atoms in total. The van der Waals surface area contributed by atoms with E-state index in [1.165, 1.54) is 0 Å². The lowest BCUT2D eigenvalue weighted by molar-refractivity contribution is 0.294. The van der Waals surface area contributed by atoms with Gasteiger partial charge in [-0.25, -0.2) is 4.98 Å². The highest BCUT2D eigenvalue weighted by Crippen LogP contribution is 2.27. The predicted molar refractivity (Wildman–Crippen MR) is 93.4 cm³/mol. The minimum absolute atomic E-state index is 0.486. The Kier molecular flexibility index (Phi) is 4.61. The van der Waals surface area contributed by atoms with E-state index in [0.29, 0.717) is 17.5 Å². The van der Waals surface area contributed by atoms with Gasteiger partial charge in [0.15, 0.2) is 0 Å². The molecule has 3 aromatic rings. The summed E-state index contributed by atoms with van der Waals surface area (Å²) in [7, 11) is 0. The van der Waals surface area contributed by atoms with Gasteiger partial charge < -0.3 is 4.74 Å². The Hall–Kier alpha value is -2.76. The lowest BCUT2D eigenvalue weighted by Crippen LogP contribution is -1.97. The molecule has 3 heteroatoms. The van der Waals surface area contributed by atoms with Crippen LogP contribution in [0.5, 0.6) is 5.88 Å². The minimum atomic E-state index is 0.486. The molecule has 0 aliphatic rings. The number of pyridine rings is 1. The van der Waals surface area contributed by atoms with Gasteiger partial charge in [-0.15, -0.1) is 6.42 Å². The van der Waals surface area contributed by atoms with Crippen LogP contribution in [0.25, 0.3) is 11.1 Å². The van der Waals surface area contributed by atoms with E-state index in [4.69, 9.17) is 22.8 Å². The van der Waals surface area contributed by atoms with Crippen LogP contribution in [0, 0.1) is 12.3 Å². The first-order valence-corrected chi connectivity index (χ1v) is 7.53. The van der Waals surface area contributed by atoms with Crippen molar-refractivity contribution < 1.29 is 4.74 Å². The molecule has 1 aromatic heterocycles. The number of halogens is 1. The van der Waals surface area contributed by atoms with Crippen LogP contribution >= 0.6 is 11.6 Å². The van der Waals surface area contributed by atoms with Crippen LogP contribution in [0.4, 0.5) is 0 Å². The molecule has 0 atom stereocenters. The first-order valence-electron chi connectivity index (χ1n) is 7.15. The molecular formula is C20H14ClNO. The fraction of sp³-hybridized carbons (Fsp3) is 0.0500. The number of terminal acetylenes is 1. The van der Waals surface area contributed by atoms with E-state index in [1.54, 1.807) is 12.3 Å². The highest BCUT2D eigenvalue weighted by Gasteiger charge is 2.06. The van der Waals surface area contributed by atoms with Crippen LogP contribution < -0.4 is 4.74 Å². The first kappa shape index (κ1) is 15.1. The van der Waals surface area contributed by atoms with Crippen molar-refractivity contribution in [2.75, 3.05) is 0 Å². The maximum absolute atomic E-state index is 6.06. The standard InChI is InChI=1S/C20H14ClNO/c1-2-16-8-10-18(21)12-19(16)17-9-11-20(22-13-17)23-14-15-6-4-3-5-7-15/h1,3-13H,14H2. The van der Waals surface area contributed by atoms with E-state index in [-0.39, 0.29) is 0 Å². The van der Waals surface area contributed by atoms with Gasteiger partial charge in [-0.1, -0.05) is 47.9 Å². The van der Waals surface area contributed by atoms with E-state index in [2.05, 4.69) is 10.9 Å². The molecule has 112 valence electrons. The summed E-state index contributed by atoms with van der Waals surface area (Å²) in [6.45, 7) is 0.486. The molecule has 0 aliphatic carbocycles. The Labute approximate surface area is 140 Å². The van der Waals surface area contributed by atoms with Gasteiger partial charge in [0.25, 0.3) is 0 Å². The molecule has 23 heavy (non-hydrogen) atoms. The molecule has 0 bridgehead atoms. The average molecular weight is 320 g/mol. The summed E-state index contributed by atoms with van der Waals surface area (Å²) < 4.78 is 5.69. The molecule has 3 rings (SSSR count). The van der Waals surface area contributed by atoms with Gasteiger partial charge >= 0.3 is 0 Å². The second-order valence-corrected chi connectivity index (χ2v) is 5.43. The minimum Gasteiger partial charge on any atom is -0.473 e. The fourth-order valence-electron chi connectivity index (χ4n) is 2.24. The Morgan fingerprint density at radius 3 is 2.57 bits per heavy atom. The Bertz CT molecular complexity index is 836. The third kappa shape index (κ3) is 3.71. The highest BCUT2D eigenvalue weighted by molar-refractivity contribution is 6.30. The van der Waals surface area contributed by atoms with Crippen molar-refractivity contribution in [3.8, 4) is 29.4 Å². The molecule has 0 aliphatic heterocycles. The molecule has 0 radical (unpaired) electrons. The summed E-state index contributed by atoms with van der Waals surface area (Å²) in [5.41, 5.74) is 3.69. The molecular weight excluding hydrogens is 306 g/mol. The van der Waals surface area contributed by atoms with E-state index in [1.807, 2.05) is 54.6 Å². The second kappa shape index (κ2) is 7.00. The summed E-state index contributed by atoms with van der Waals surface area (Å²) in [4.78, 5) is 4.34. The number of aromatic nitrogens is 1. The number of rotatable bonds is 4. The number of ether oxygens (including phenoxy) is 1. The van der Waals surface area contributed by atoms with Gasteiger partial charge in [-0.05, 0) is 29.8 Å². The Morgan fingerprint density at radius 1 is 1.04 bits per heavy atom. The third-order valence-corrected chi connectivity index (χ3v) is 3.65. The molecule has 0 spiro atoms. The van der Waals surface area contributed by atoms with Gasteiger partial charge in [0.2, 0.25) is 5.88 Å². The number of nitrogens with zero attached hydrogens (tertiary/aromatic N) is 1. The van der Waals surface area contributed by atoms with E-state index < -0.39 is 0 Å². The molecule has 0 unspecified atom stereocenters. The van der Waals surface area contributed by atoms with Crippen molar-refractivity contribution >= 4 is 11.6 Å². The average Bonchev–Trinajstić information content (AvgIpc) is 2.61. The zero-order valence-corrected chi connectivity index (χ0v) is 13.1. The van der Waals surface area contributed by atoms with Gasteiger partial charge in [-0.2, -0.15) is 0 Å². The predicted octanol–water partition coefficient (Wildman–Crippen LogP) is 4.96. The van der Waals surface area contributed by atoms with Crippen LogP contribution in [-0.2, 0) is 6.61 Å². The van der Waals surface area contributed by atoms with Gasteiger partial charge in [0.05, 0.1) is 0 Å². The quantitative estimate of drug-likeness (QED) is 0.634. The number of benzene rings is 2. The smallest absolute Gasteiger partial charge is 0.213 e. The van der Waals surface area contributed by atoms with Crippen LogP contribution in [0.1, 0.15) is 11.1 Å². The monoisotopic (exact) mass is 319 g/mol. The SMILES string of the molecule is C#Cc1ccc(Cl)cc1-c1ccc(OCc2ccccc2)nc1. The van der Waals surface area contributed by atoms with Crippen molar-refractivity contribution in [2.24, 2.45) is 0 Å². The summed E-state index contributed by atoms with van der Waals surface area (Å²) in [5.74, 6) is 3.24. The van der Waals surface area contributed by atoms with Crippen LogP contribution in [0.15, 0.2) is 66.9 Å². The van der Waals surface area contributed by atoms with Crippen LogP contribution in [-0.4, -0.2) is 4.98 Å². The van der Waals surface area contributed by atoms with Crippen LogP contribution in [0.2, 0.25) is 5.02 Å². The molecule has 2 aromatic carbocycles. The molecule has 1 heterocycles. The second-order valence-electron chi connectivity index (χ2n) is 4.99. The Morgan fingerprint density at radius 2 is 1.87 bits per heavy atom. The van der Waals surface area contributed by atoms with Crippen molar-refractivity contribution in [1.29, 1.82) is 0 Å². The van der Waals surface area contributed by atoms with Crippen molar-refractivity contribution in [1.82, 2.24) is 4.98 Å². The molecule has 0 saturated heterocycles. The molecule has 0 amide bonds. The summed E-state index contributed by atoms with van der Waals surface area (Å²) in [6.07, 6.45) is 7.28. The lowest BCUT2D eigenvalue weighted by atomic mass is 10.0. The zero-order valence-electron chi connectivity index (χ0n) is 12.4. The van der Waals surface area contributed by atoms with Crippen molar-refractivity contribution in [3.05, 3.63) is 83.0 Å². The normalized spacial score (nSPS) is 10.1. The largest absolute Gasteiger partial charge is 0.473 e. The summed E-state index contributed by atoms with van der Waals surface area (Å²) in [6, 6.07) is 19.2. The topological polar surface area (TPSA) is 22.1 Å². The lowest BCUT2D eigenvalue weighted by Gasteiger charge is -2.08. The third-order valence-electron chi connectivity index (χ3n) is 3.41. The summed E-state index contributed by atoms with van der Waals surface area (Å²) >= 11 is 6.06. The molecule has 0 N–H and O–H groups in total. The maximum Gasteiger partial charge on any atom is 0.213 e. The zero-order chi connectivity index (χ0) is 16.1. The summed E-state index contributed by atoms with van der Waals surface area (Å²) in [5, 5.41) is 0.642. The molecule has 0 saturated carbocycles. The number of hydrogen-bond acceptors (Lipinski definition) is 2.